The molecule has 24 rings (SSSR count). The zero-order valence-corrected chi connectivity index (χ0v) is 78.8. The van der Waals surface area contributed by atoms with Gasteiger partial charge in [-0.3, -0.25) is 0 Å². The number of hydrogen-bond acceptors (Lipinski definition) is 9. The van der Waals surface area contributed by atoms with E-state index in [2.05, 4.69) is 363 Å². The van der Waals surface area contributed by atoms with Gasteiger partial charge < -0.3 is 13.7 Å². The smallest absolute Gasteiger partial charge is 0.162 e. The summed E-state index contributed by atoms with van der Waals surface area (Å²) >= 11 is 0. The van der Waals surface area contributed by atoms with Crippen LogP contribution in [0.5, 0.6) is 0 Å². The van der Waals surface area contributed by atoms with Crippen molar-refractivity contribution < 1.29 is 0 Å². The number of nitriles is 3. The summed E-state index contributed by atoms with van der Waals surface area (Å²) in [5.74, 6) is 1.56. The van der Waals surface area contributed by atoms with Crippen molar-refractivity contribution in [2.45, 2.75) is 48.0 Å². The summed E-state index contributed by atoms with van der Waals surface area (Å²) in [6, 6.07) is 152. The molecule has 0 aliphatic carbocycles. The molecule has 0 unspecified atom stereocenters. The van der Waals surface area contributed by atoms with Crippen LogP contribution in [-0.2, 0) is 6.42 Å². The molecule has 0 spiro atoms. The molecule has 0 saturated carbocycles. The lowest BCUT2D eigenvalue weighted by Crippen LogP contribution is -2.05. The van der Waals surface area contributed by atoms with E-state index in [1.54, 1.807) is 0 Å². The lowest BCUT2D eigenvalue weighted by molar-refractivity contribution is 1.05. The molecule has 142 heavy (non-hydrogen) atoms. The van der Waals surface area contributed by atoms with E-state index in [9.17, 15) is 15.8 Å². The second kappa shape index (κ2) is 35.6. The van der Waals surface area contributed by atoms with Gasteiger partial charge in [0.1, 0.15) is 0 Å². The Balaban J connectivity index is 0.659. The van der Waals surface area contributed by atoms with Crippen molar-refractivity contribution in [3.63, 3.8) is 0 Å². The summed E-state index contributed by atoms with van der Waals surface area (Å²) < 4.78 is 6.90. The monoisotopic (exact) mass is 1820 g/mol. The lowest BCUT2D eigenvalue weighted by atomic mass is 9.91. The van der Waals surface area contributed by atoms with Crippen molar-refractivity contribution >= 4 is 65.4 Å². The highest BCUT2D eigenvalue weighted by Gasteiger charge is 2.29. The molecular formula is C130H88N12. The van der Waals surface area contributed by atoms with Crippen LogP contribution in [0.15, 0.2) is 413 Å². The fraction of sp³-hybridized carbons (Fsp3) is 0.0538. The molecule has 18 aromatic carbocycles. The lowest BCUT2D eigenvalue weighted by Gasteiger charge is -2.19. The minimum Gasteiger partial charge on any atom is -0.308 e. The topological polar surface area (TPSA) is 164 Å². The number of aryl methyl sites for hydroxylation is 6. The van der Waals surface area contributed by atoms with Crippen LogP contribution >= 0.6 is 0 Å². The molecule has 0 N–H and O–H groups in total. The highest BCUT2D eigenvalue weighted by Crippen LogP contribution is 2.48. The van der Waals surface area contributed by atoms with Gasteiger partial charge in [0, 0.05) is 88.2 Å². The van der Waals surface area contributed by atoms with Crippen LogP contribution in [0.25, 0.3) is 228 Å². The Morgan fingerprint density at radius 2 is 0.556 bits per heavy atom. The Hall–Kier alpha value is -18.9. The quantitative estimate of drug-likeness (QED) is 0.0813. The predicted octanol–water partition coefficient (Wildman–Crippen LogP) is 32.1. The molecule has 12 heteroatoms. The first-order valence-corrected chi connectivity index (χ1v) is 47.8. The number of fused-ring (bicyclic) bond motifs is 9. The number of nitrogens with zero attached hydrogens (tertiary/aromatic N) is 12. The molecule has 668 valence electrons. The first-order chi connectivity index (χ1) is 69.7. The summed E-state index contributed by atoms with van der Waals surface area (Å²) in [5, 5.41) is 41.0. The number of aromatic nitrogens is 9. The van der Waals surface area contributed by atoms with Gasteiger partial charge >= 0.3 is 0 Å². The molecule has 0 bridgehead atoms. The third-order valence-electron chi connectivity index (χ3n) is 28.0. The van der Waals surface area contributed by atoms with Gasteiger partial charge in [-0.2, -0.15) is 15.8 Å². The van der Waals surface area contributed by atoms with Crippen molar-refractivity contribution in [1.29, 1.82) is 15.8 Å². The van der Waals surface area contributed by atoms with Crippen LogP contribution in [0.2, 0.25) is 0 Å². The molecule has 0 radical (unpaired) electrons. The zero-order valence-electron chi connectivity index (χ0n) is 78.8. The molecule has 0 fully saturated rings. The molecule has 12 nitrogen and oxygen atoms in total. The van der Waals surface area contributed by atoms with E-state index in [0.717, 1.165) is 245 Å². The zero-order chi connectivity index (χ0) is 95.9. The normalized spacial score (nSPS) is 11.5. The van der Waals surface area contributed by atoms with Crippen molar-refractivity contribution in [1.82, 2.24) is 43.6 Å². The first-order valence-electron chi connectivity index (χ1n) is 47.8. The predicted molar refractivity (Wildman–Crippen MR) is 579 cm³/mol. The Bertz CT molecular complexity index is 9290. The fourth-order valence-electron chi connectivity index (χ4n) is 21.2. The molecule has 24 aromatic rings. The molecule has 0 aliphatic rings. The molecule has 0 amide bonds. The van der Waals surface area contributed by atoms with Crippen LogP contribution in [0.3, 0.4) is 0 Å². The highest BCUT2D eigenvalue weighted by molar-refractivity contribution is 6.15. The van der Waals surface area contributed by atoms with Crippen molar-refractivity contribution in [3.8, 4) is 181 Å². The minimum absolute atomic E-state index is 0.364. The molecular weight excluding hydrogens is 1730 g/mol. The van der Waals surface area contributed by atoms with Crippen LogP contribution < -0.4 is 0 Å². The van der Waals surface area contributed by atoms with Crippen molar-refractivity contribution in [2.75, 3.05) is 0 Å². The summed E-state index contributed by atoms with van der Waals surface area (Å²) in [5.41, 5.74) is 38.7. The third kappa shape index (κ3) is 15.4. The summed E-state index contributed by atoms with van der Waals surface area (Å²) in [6.45, 7) is 12.6. The van der Waals surface area contributed by atoms with Crippen LogP contribution in [0.1, 0.15) is 61.5 Å². The molecule has 6 heterocycles. The standard InChI is InChI=1S/C130H88N12/c1-79-29-19-23-41-100(79)92-51-58-120-110(65-92)105-45-27-28-46-119(105)140(120)126-71-98(77-132)97(68-113(126)130-138-117(88-36-15-9-16-37-88)75-118(139-130)89-38-17-10-18-39-89)64-90-40-22-26-44-104(90)96-50-57-107-106-56-49-95(102-43-25-21-31-81(102)3)69-124(106)142(125(107)70-96)127-72-99(78-133)109(73-114(127)129-134-83(5)62-84(6)135-129)91-48-55-103(82(4)61-91)94-53-60-122-112(67-94)111-66-93(101-42-24-20-30-80(101)2)52-59-121(111)141(122)123-63-85(76-131)47-54-108(123)128-136-115(86-32-11-7-12-33-86)74-116(137-128)87-34-13-8-14-35-87/h7-63,65-75H,64H2,1-6H3. The average molecular weight is 1820 g/mol. The van der Waals surface area contributed by atoms with E-state index in [1.165, 1.54) is 11.1 Å². The van der Waals surface area contributed by atoms with Gasteiger partial charge in [-0.15, -0.1) is 0 Å². The highest BCUT2D eigenvalue weighted by atomic mass is 15.0. The summed E-state index contributed by atoms with van der Waals surface area (Å²) in [6.07, 6.45) is 0.364. The van der Waals surface area contributed by atoms with E-state index >= 15 is 0 Å². The number of hydrogen-bond donors (Lipinski definition) is 0. The average Bonchev–Trinajstić information content (AvgIpc) is 1.58. The van der Waals surface area contributed by atoms with Gasteiger partial charge in [-0.05, 0) is 258 Å². The van der Waals surface area contributed by atoms with Gasteiger partial charge in [0.05, 0.1) is 108 Å². The largest absolute Gasteiger partial charge is 0.308 e. The minimum atomic E-state index is 0.364. The van der Waals surface area contributed by atoms with E-state index in [1.807, 2.05) is 123 Å². The first kappa shape index (κ1) is 86.0. The van der Waals surface area contributed by atoms with Gasteiger partial charge in [0.25, 0.3) is 0 Å². The number of rotatable bonds is 18. The van der Waals surface area contributed by atoms with E-state index < -0.39 is 0 Å². The van der Waals surface area contributed by atoms with Gasteiger partial charge in [0.15, 0.2) is 17.5 Å². The van der Waals surface area contributed by atoms with Gasteiger partial charge in [0.2, 0.25) is 0 Å². The van der Waals surface area contributed by atoms with E-state index in [4.69, 9.17) is 29.9 Å². The Kier molecular flexibility index (Phi) is 21.6. The molecule has 6 aromatic heterocycles. The molecule has 0 aliphatic heterocycles. The maximum atomic E-state index is 12.1. The number of benzene rings is 18. The maximum absolute atomic E-state index is 12.1. The van der Waals surface area contributed by atoms with Crippen LogP contribution in [0.4, 0.5) is 0 Å². The van der Waals surface area contributed by atoms with Crippen LogP contribution in [-0.4, -0.2) is 43.6 Å². The Morgan fingerprint density at radius 3 is 1.04 bits per heavy atom. The molecule has 0 saturated heterocycles. The SMILES string of the molecule is Cc1cc(C)nc(-c2cc(-c3ccc(-c4ccc5c(c4)c4cc(-c6ccccc6C)ccc4n5-c4cc(C#N)ccc4-c4nc(-c5ccccc5)cc(-c5ccccc5)n4)c(C)c3)c(C#N)cc2-n2c3cc(-c4ccccc4C)ccc3c3ccc(-c4ccccc4Cc4cc(-c5nc(-c6ccccc6)cc(-c6ccccc6)n5)c(-n5c6ccccc6c6cc(-c7ccccc7C)ccc65)cc4C#N)cc32)n1. The molecule has 0 atom stereocenters. The third-order valence-corrected chi connectivity index (χ3v) is 28.0. The Morgan fingerprint density at radius 1 is 0.204 bits per heavy atom. The summed E-state index contributed by atoms with van der Waals surface area (Å²) in [7, 11) is 0. The fourth-order valence-corrected chi connectivity index (χ4v) is 21.2. The van der Waals surface area contributed by atoms with E-state index in [-0.39, 0.29) is 0 Å². The summed E-state index contributed by atoms with van der Waals surface area (Å²) in [4.78, 5) is 32.5. The van der Waals surface area contributed by atoms with E-state index in [0.29, 0.717) is 40.6 Å². The Labute approximate surface area is 822 Å². The second-order valence-electron chi connectivity index (χ2n) is 36.9. The van der Waals surface area contributed by atoms with Gasteiger partial charge in [-0.25, -0.2) is 29.9 Å². The number of para-hydroxylation sites is 1. The maximum Gasteiger partial charge on any atom is 0.162 e. The van der Waals surface area contributed by atoms with Crippen molar-refractivity contribution in [2.24, 2.45) is 0 Å². The second-order valence-corrected chi connectivity index (χ2v) is 36.9. The van der Waals surface area contributed by atoms with Gasteiger partial charge in [-0.1, -0.05) is 297 Å². The van der Waals surface area contributed by atoms with Crippen molar-refractivity contribution in [3.05, 3.63) is 474 Å². The van der Waals surface area contributed by atoms with Crippen LogP contribution in [0, 0.1) is 75.5 Å².